The Hall–Kier alpha value is -1.76. The fourth-order valence-corrected chi connectivity index (χ4v) is 1.55. The van der Waals surface area contributed by atoms with Crippen molar-refractivity contribution in [3.63, 3.8) is 0 Å². The quantitative estimate of drug-likeness (QED) is 0.760. The number of amides is 1. The molecule has 1 aromatic rings. The molecule has 0 fully saturated rings. The van der Waals surface area contributed by atoms with Crippen molar-refractivity contribution < 1.29 is 22.7 Å². The topological polar surface area (TPSA) is 64.4 Å². The maximum atomic E-state index is 12.3. The van der Waals surface area contributed by atoms with Crippen LogP contribution in [0.5, 0.6) is 5.75 Å². The zero-order chi connectivity index (χ0) is 15.9. The normalized spacial score (nSPS) is 12.8. The van der Waals surface area contributed by atoms with Gasteiger partial charge in [-0.25, -0.2) is 0 Å². The van der Waals surface area contributed by atoms with Crippen molar-refractivity contribution in [1.29, 1.82) is 0 Å². The minimum absolute atomic E-state index is 0.0286. The molecule has 4 nitrogen and oxygen atoms in total. The summed E-state index contributed by atoms with van der Waals surface area (Å²) in [6.45, 7) is 2.30. The number of nitrogens with one attached hydrogen (secondary N) is 1. The Kier molecular flexibility index (Phi) is 6.48. The lowest BCUT2D eigenvalue weighted by Crippen LogP contribution is -2.29. The van der Waals surface area contributed by atoms with E-state index in [9.17, 15) is 18.0 Å². The number of alkyl halides is 3. The number of carbonyl (C=O) groups excluding carboxylic acids is 1. The molecule has 0 spiro atoms. The van der Waals surface area contributed by atoms with E-state index >= 15 is 0 Å². The monoisotopic (exact) mass is 304 g/mol. The van der Waals surface area contributed by atoms with E-state index in [2.05, 4.69) is 5.32 Å². The van der Waals surface area contributed by atoms with Gasteiger partial charge in [0, 0.05) is 12.5 Å². The van der Waals surface area contributed by atoms with Crippen LogP contribution in [0.25, 0.3) is 0 Å². The van der Waals surface area contributed by atoms with Gasteiger partial charge in [0.1, 0.15) is 12.4 Å². The molecule has 0 aromatic heterocycles. The van der Waals surface area contributed by atoms with Gasteiger partial charge in [-0.15, -0.1) is 0 Å². The van der Waals surface area contributed by atoms with Crippen LogP contribution in [-0.4, -0.2) is 25.1 Å². The number of hydrogen-bond acceptors (Lipinski definition) is 3. The number of nitrogens with two attached hydrogens (primary N) is 1. The highest BCUT2D eigenvalue weighted by atomic mass is 19.4. The molecule has 0 bridgehead atoms. The van der Waals surface area contributed by atoms with Crippen molar-refractivity contribution in [2.24, 2.45) is 5.73 Å². The van der Waals surface area contributed by atoms with Gasteiger partial charge in [-0.05, 0) is 37.6 Å². The number of rotatable bonds is 7. The van der Waals surface area contributed by atoms with Crippen LogP contribution in [-0.2, 0) is 11.0 Å². The molecule has 0 aliphatic rings. The summed E-state index contributed by atoms with van der Waals surface area (Å²) in [5.41, 5.74) is 4.81. The third kappa shape index (κ3) is 6.99. The summed E-state index contributed by atoms with van der Waals surface area (Å²) >= 11 is 0. The molecule has 0 aliphatic heterocycles. The van der Waals surface area contributed by atoms with Gasteiger partial charge in [0.15, 0.2) is 0 Å². The molecule has 0 saturated carbocycles. The first-order valence-electron chi connectivity index (χ1n) is 6.61. The predicted octanol–water partition coefficient (Wildman–Crippen LogP) is 2.33. The maximum Gasteiger partial charge on any atom is 0.416 e. The SMILES string of the molecule is CC(N)CCC(=O)NCCOc1ccc(C(F)(F)F)cc1. The van der Waals surface area contributed by atoms with Crippen LogP contribution in [0.2, 0.25) is 0 Å². The number of ether oxygens (including phenoxy) is 1. The molecule has 118 valence electrons. The van der Waals surface area contributed by atoms with Crippen LogP contribution >= 0.6 is 0 Å². The summed E-state index contributed by atoms with van der Waals surface area (Å²) < 4.78 is 42.3. The van der Waals surface area contributed by atoms with Gasteiger partial charge >= 0.3 is 6.18 Å². The first-order chi connectivity index (χ1) is 9.79. The number of carbonyl (C=O) groups is 1. The molecule has 3 N–H and O–H groups in total. The van der Waals surface area contributed by atoms with Crippen LogP contribution in [0, 0.1) is 0 Å². The van der Waals surface area contributed by atoms with E-state index in [1.807, 2.05) is 6.92 Å². The molecule has 0 heterocycles. The van der Waals surface area contributed by atoms with Crippen LogP contribution in [0.1, 0.15) is 25.3 Å². The molecular weight excluding hydrogens is 285 g/mol. The predicted molar refractivity (Wildman–Crippen MR) is 72.8 cm³/mol. The Labute approximate surface area is 121 Å². The summed E-state index contributed by atoms with van der Waals surface area (Å²) in [6, 6.07) is 4.38. The van der Waals surface area contributed by atoms with Gasteiger partial charge < -0.3 is 15.8 Å². The zero-order valence-corrected chi connectivity index (χ0v) is 11.7. The van der Waals surface area contributed by atoms with Crippen LogP contribution < -0.4 is 15.8 Å². The van der Waals surface area contributed by atoms with E-state index < -0.39 is 11.7 Å². The third-order valence-electron chi connectivity index (χ3n) is 2.70. The van der Waals surface area contributed by atoms with Crippen molar-refractivity contribution in [2.45, 2.75) is 32.0 Å². The van der Waals surface area contributed by atoms with Crippen molar-refractivity contribution in [2.75, 3.05) is 13.2 Å². The minimum Gasteiger partial charge on any atom is -0.492 e. The van der Waals surface area contributed by atoms with E-state index in [0.717, 1.165) is 12.1 Å². The molecule has 1 rings (SSSR count). The Bertz CT molecular complexity index is 445. The summed E-state index contributed by atoms with van der Waals surface area (Å²) in [6.07, 6.45) is -3.41. The number of hydrogen-bond donors (Lipinski definition) is 2. The highest BCUT2D eigenvalue weighted by molar-refractivity contribution is 5.75. The number of halogens is 3. The molecule has 1 atom stereocenters. The lowest BCUT2D eigenvalue weighted by atomic mass is 10.2. The Morgan fingerprint density at radius 3 is 2.48 bits per heavy atom. The standard InChI is InChI=1S/C14H19F3N2O2/c1-10(18)2-7-13(20)19-8-9-21-12-5-3-11(4-6-12)14(15,16)17/h3-6,10H,2,7-9,18H2,1H3,(H,19,20). The van der Waals surface area contributed by atoms with E-state index in [4.69, 9.17) is 10.5 Å². The average Bonchev–Trinajstić information content (AvgIpc) is 2.41. The van der Waals surface area contributed by atoms with Gasteiger partial charge in [-0.1, -0.05) is 0 Å². The summed E-state index contributed by atoms with van der Waals surface area (Å²) in [5, 5.41) is 2.64. The van der Waals surface area contributed by atoms with Crippen LogP contribution in [0.15, 0.2) is 24.3 Å². The highest BCUT2D eigenvalue weighted by Crippen LogP contribution is 2.30. The van der Waals surface area contributed by atoms with Gasteiger partial charge in [0.25, 0.3) is 0 Å². The Balaban J connectivity index is 2.25. The molecule has 1 aromatic carbocycles. The van der Waals surface area contributed by atoms with Crippen molar-refractivity contribution in [3.05, 3.63) is 29.8 Å². The van der Waals surface area contributed by atoms with E-state index in [0.29, 0.717) is 25.1 Å². The van der Waals surface area contributed by atoms with E-state index in [1.165, 1.54) is 12.1 Å². The largest absolute Gasteiger partial charge is 0.492 e. The summed E-state index contributed by atoms with van der Waals surface area (Å²) in [5.74, 6) is 0.205. The van der Waals surface area contributed by atoms with Crippen LogP contribution in [0.3, 0.4) is 0 Å². The average molecular weight is 304 g/mol. The summed E-state index contributed by atoms with van der Waals surface area (Å²) in [7, 11) is 0. The fraction of sp³-hybridized carbons (Fsp3) is 0.500. The van der Waals surface area contributed by atoms with Gasteiger partial charge in [0.05, 0.1) is 12.1 Å². The maximum absolute atomic E-state index is 12.3. The Morgan fingerprint density at radius 2 is 1.95 bits per heavy atom. The minimum atomic E-state index is -4.35. The molecule has 0 aliphatic carbocycles. The van der Waals surface area contributed by atoms with Gasteiger partial charge in [-0.3, -0.25) is 4.79 Å². The molecule has 1 amide bonds. The second kappa shape index (κ2) is 7.87. The lowest BCUT2D eigenvalue weighted by molar-refractivity contribution is -0.137. The van der Waals surface area contributed by atoms with Crippen LogP contribution in [0.4, 0.5) is 13.2 Å². The van der Waals surface area contributed by atoms with Gasteiger partial charge in [0.2, 0.25) is 5.91 Å². The highest BCUT2D eigenvalue weighted by Gasteiger charge is 2.29. The smallest absolute Gasteiger partial charge is 0.416 e. The van der Waals surface area contributed by atoms with Gasteiger partial charge in [-0.2, -0.15) is 13.2 Å². The second-order valence-electron chi connectivity index (χ2n) is 4.74. The molecule has 0 saturated heterocycles. The third-order valence-corrected chi connectivity index (χ3v) is 2.70. The molecule has 7 heteroatoms. The molecular formula is C14H19F3N2O2. The first-order valence-corrected chi connectivity index (χ1v) is 6.61. The first kappa shape index (κ1) is 17.3. The molecule has 1 unspecified atom stereocenters. The van der Waals surface area contributed by atoms with Crippen molar-refractivity contribution in [3.8, 4) is 5.75 Å². The van der Waals surface area contributed by atoms with Crippen molar-refractivity contribution >= 4 is 5.91 Å². The zero-order valence-electron chi connectivity index (χ0n) is 11.7. The summed E-state index contributed by atoms with van der Waals surface area (Å²) in [4.78, 5) is 11.4. The van der Waals surface area contributed by atoms with E-state index in [-0.39, 0.29) is 18.6 Å². The fourth-order valence-electron chi connectivity index (χ4n) is 1.55. The second-order valence-corrected chi connectivity index (χ2v) is 4.74. The molecule has 0 radical (unpaired) electrons. The number of benzene rings is 1. The Morgan fingerprint density at radius 1 is 1.33 bits per heavy atom. The van der Waals surface area contributed by atoms with E-state index in [1.54, 1.807) is 0 Å². The molecule has 21 heavy (non-hydrogen) atoms. The lowest BCUT2D eigenvalue weighted by Gasteiger charge is -2.10. The van der Waals surface area contributed by atoms with Crippen molar-refractivity contribution in [1.82, 2.24) is 5.32 Å².